The summed E-state index contributed by atoms with van der Waals surface area (Å²) >= 11 is 0. The smallest absolute Gasteiger partial charge is 0.176 e. The van der Waals surface area contributed by atoms with Crippen LogP contribution in [0.2, 0.25) is 0 Å². The number of methoxy groups -OCH3 is 1. The van der Waals surface area contributed by atoms with Crippen molar-refractivity contribution in [1.29, 1.82) is 0 Å². The van der Waals surface area contributed by atoms with Crippen molar-refractivity contribution in [2.45, 2.75) is 34.6 Å². The zero-order chi connectivity index (χ0) is 15.0. The summed E-state index contributed by atoms with van der Waals surface area (Å²) in [5.74, 6) is 0.885. The largest absolute Gasteiger partial charge is 0.497 e. The quantitative estimate of drug-likeness (QED) is 0.750. The van der Waals surface area contributed by atoms with Crippen LogP contribution in [0.25, 0.3) is 10.9 Å². The number of aromatic nitrogens is 1. The highest BCUT2D eigenvalue weighted by Gasteiger charge is 2.09. The molecule has 0 N–H and O–H groups in total. The summed E-state index contributed by atoms with van der Waals surface area (Å²) in [7, 11) is 3.53. The van der Waals surface area contributed by atoms with Gasteiger partial charge in [-0.1, -0.05) is 27.7 Å². The molecular weight excluding hydrogens is 238 g/mol. The Kier molecular flexibility index (Phi) is 7.57. The van der Waals surface area contributed by atoms with Crippen molar-refractivity contribution in [2.75, 3.05) is 7.11 Å². The fraction of sp³-hybridized carbons (Fsp3) is 0.438. The van der Waals surface area contributed by atoms with Crippen molar-refractivity contribution in [1.82, 2.24) is 4.57 Å². The number of aryl methyl sites for hydroxylation is 1. The molecule has 106 valence electrons. The monoisotopic (exact) mass is 263 g/mol. The molecule has 0 amide bonds. The van der Waals surface area contributed by atoms with Gasteiger partial charge >= 0.3 is 0 Å². The predicted molar refractivity (Wildman–Crippen MR) is 82.2 cm³/mol. The van der Waals surface area contributed by atoms with E-state index in [2.05, 4.69) is 0 Å². The van der Waals surface area contributed by atoms with Gasteiger partial charge in [0.1, 0.15) is 5.75 Å². The van der Waals surface area contributed by atoms with Crippen LogP contribution in [0.3, 0.4) is 0 Å². The van der Waals surface area contributed by atoms with Crippen LogP contribution in [-0.2, 0) is 7.05 Å². The number of hydrogen-bond acceptors (Lipinski definition) is 2. The first-order valence-electron chi connectivity index (χ1n) is 6.78. The number of carbonyl (C=O) groups is 1. The summed E-state index contributed by atoms with van der Waals surface area (Å²) < 4.78 is 7.04. The predicted octanol–water partition coefficient (Wildman–Crippen LogP) is 4.44. The molecule has 0 atom stereocenters. The Morgan fingerprint density at radius 1 is 1.11 bits per heavy atom. The first-order valence-corrected chi connectivity index (χ1v) is 6.78. The van der Waals surface area contributed by atoms with Gasteiger partial charge in [0.2, 0.25) is 0 Å². The van der Waals surface area contributed by atoms with Gasteiger partial charge in [-0.2, -0.15) is 0 Å². The number of carbonyl (C=O) groups excluding carboxylic acids is 1. The normalized spacial score (nSPS) is 9.00. The Balaban J connectivity index is 0.000000741. The first-order chi connectivity index (χ1) is 9.13. The van der Waals surface area contributed by atoms with E-state index in [0.29, 0.717) is 0 Å². The van der Waals surface area contributed by atoms with Gasteiger partial charge in [0, 0.05) is 24.9 Å². The highest BCUT2D eigenvalue weighted by Crippen LogP contribution is 2.23. The Labute approximate surface area is 116 Å². The maximum Gasteiger partial charge on any atom is 0.176 e. The minimum Gasteiger partial charge on any atom is -0.497 e. The summed E-state index contributed by atoms with van der Waals surface area (Å²) in [6, 6.07) is 7.68. The molecular formula is C16H25NO2. The van der Waals surface area contributed by atoms with Crippen molar-refractivity contribution in [3.63, 3.8) is 0 Å². The van der Waals surface area contributed by atoms with Crippen molar-refractivity contribution >= 4 is 16.7 Å². The molecule has 0 fully saturated rings. The highest BCUT2D eigenvalue weighted by atomic mass is 16.5. The van der Waals surface area contributed by atoms with Gasteiger partial charge in [0.05, 0.1) is 12.8 Å². The zero-order valence-electron chi connectivity index (χ0n) is 13.1. The molecule has 0 aliphatic heterocycles. The number of hydrogen-bond donors (Lipinski definition) is 0. The molecule has 0 unspecified atom stereocenters. The second kappa shape index (κ2) is 8.35. The van der Waals surface area contributed by atoms with Crippen LogP contribution in [0.15, 0.2) is 24.3 Å². The van der Waals surface area contributed by atoms with Crippen molar-refractivity contribution < 1.29 is 9.53 Å². The van der Waals surface area contributed by atoms with E-state index in [1.165, 1.54) is 0 Å². The number of benzene rings is 1. The van der Waals surface area contributed by atoms with Gasteiger partial charge in [-0.25, -0.2) is 0 Å². The molecule has 0 saturated heterocycles. The lowest BCUT2D eigenvalue weighted by atomic mass is 10.2. The number of nitrogens with zero attached hydrogens (tertiary/aromatic N) is 1. The molecule has 2 rings (SSSR count). The minimum atomic E-state index is 0.0765. The van der Waals surface area contributed by atoms with Gasteiger partial charge in [-0.15, -0.1) is 0 Å². The fourth-order valence-electron chi connectivity index (χ4n) is 1.79. The summed E-state index contributed by atoms with van der Waals surface area (Å²) in [6.07, 6.45) is 0. The van der Waals surface area contributed by atoms with Gasteiger partial charge in [0.25, 0.3) is 0 Å². The van der Waals surface area contributed by atoms with Gasteiger partial charge < -0.3 is 9.30 Å². The molecule has 2 aromatic rings. The molecule has 0 radical (unpaired) electrons. The standard InChI is InChI=1S/C12H13NO2.2C2H6/c1-8(14)12-7-9-6-10(15-3)4-5-11(9)13(12)2;2*1-2/h4-7H,1-3H3;2*1-2H3. The summed E-state index contributed by atoms with van der Waals surface area (Å²) in [4.78, 5) is 11.3. The molecule has 0 saturated carbocycles. The van der Waals surface area contributed by atoms with Crippen LogP contribution in [0.4, 0.5) is 0 Å². The van der Waals surface area contributed by atoms with Gasteiger partial charge in [-0.05, 0) is 24.3 Å². The molecule has 1 heterocycles. The third kappa shape index (κ3) is 3.85. The Bertz CT molecular complexity index is 527. The number of ether oxygens (including phenoxy) is 1. The molecule has 0 aliphatic carbocycles. The maximum atomic E-state index is 11.3. The van der Waals surface area contributed by atoms with Crippen molar-refractivity contribution in [2.24, 2.45) is 7.05 Å². The average Bonchev–Trinajstić information content (AvgIpc) is 2.80. The van der Waals surface area contributed by atoms with E-state index in [-0.39, 0.29) is 5.78 Å². The van der Waals surface area contributed by atoms with Gasteiger partial charge in [-0.3, -0.25) is 4.79 Å². The molecule has 3 heteroatoms. The van der Waals surface area contributed by atoms with E-state index < -0.39 is 0 Å². The lowest BCUT2D eigenvalue weighted by Gasteiger charge is -2.01. The molecule has 0 aliphatic rings. The van der Waals surface area contributed by atoms with Crippen molar-refractivity contribution in [3.8, 4) is 5.75 Å². The second-order valence-corrected chi connectivity index (χ2v) is 3.57. The second-order valence-electron chi connectivity index (χ2n) is 3.57. The maximum absolute atomic E-state index is 11.3. The molecule has 1 aromatic heterocycles. The average molecular weight is 263 g/mol. The fourth-order valence-corrected chi connectivity index (χ4v) is 1.79. The molecule has 1 aromatic carbocycles. The van der Waals surface area contributed by atoms with E-state index in [0.717, 1.165) is 22.3 Å². The van der Waals surface area contributed by atoms with Crippen LogP contribution in [0.5, 0.6) is 5.75 Å². The summed E-state index contributed by atoms with van der Waals surface area (Å²) in [6.45, 7) is 9.57. The number of Topliss-reactive ketones (excluding diaryl/α,β-unsaturated/α-hetero) is 1. The first kappa shape index (κ1) is 17.2. The van der Waals surface area contributed by atoms with Crippen LogP contribution in [0, 0.1) is 0 Å². The third-order valence-corrected chi connectivity index (χ3v) is 2.61. The number of fused-ring (bicyclic) bond motifs is 1. The topological polar surface area (TPSA) is 31.2 Å². The lowest BCUT2D eigenvalue weighted by molar-refractivity contribution is 0.101. The highest BCUT2D eigenvalue weighted by molar-refractivity contribution is 5.98. The van der Waals surface area contributed by atoms with E-state index in [1.807, 2.05) is 63.6 Å². The molecule has 3 nitrogen and oxygen atoms in total. The lowest BCUT2D eigenvalue weighted by Crippen LogP contribution is -2.00. The van der Waals surface area contributed by atoms with Crippen LogP contribution in [0.1, 0.15) is 45.1 Å². The van der Waals surface area contributed by atoms with E-state index in [9.17, 15) is 4.79 Å². The Morgan fingerprint density at radius 2 is 1.68 bits per heavy atom. The van der Waals surface area contributed by atoms with E-state index in [1.54, 1.807) is 14.0 Å². The summed E-state index contributed by atoms with van der Waals surface area (Å²) in [5, 5.41) is 1.03. The number of ketones is 1. The molecule has 19 heavy (non-hydrogen) atoms. The number of rotatable bonds is 2. The van der Waals surface area contributed by atoms with E-state index in [4.69, 9.17) is 4.74 Å². The molecule has 0 bridgehead atoms. The third-order valence-electron chi connectivity index (χ3n) is 2.61. The van der Waals surface area contributed by atoms with E-state index >= 15 is 0 Å². The minimum absolute atomic E-state index is 0.0765. The summed E-state index contributed by atoms with van der Waals surface area (Å²) in [5.41, 5.74) is 1.76. The van der Waals surface area contributed by atoms with Crippen LogP contribution >= 0.6 is 0 Å². The molecule has 0 spiro atoms. The zero-order valence-corrected chi connectivity index (χ0v) is 13.1. The van der Waals surface area contributed by atoms with Crippen LogP contribution < -0.4 is 4.74 Å². The SMILES string of the molecule is CC.CC.COc1ccc2c(c1)cc(C(C)=O)n2C. The Morgan fingerprint density at radius 3 is 2.16 bits per heavy atom. The van der Waals surface area contributed by atoms with Gasteiger partial charge in [0.15, 0.2) is 5.78 Å². The van der Waals surface area contributed by atoms with Crippen LogP contribution in [-0.4, -0.2) is 17.5 Å². The van der Waals surface area contributed by atoms with Crippen molar-refractivity contribution in [3.05, 3.63) is 30.0 Å². The Hall–Kier alpha value is -1.77.